The zero-order chi connectivity index (χ0) is 19.8. The molecule has 0 aliphatic heterocycles. The van der Waals surface area contributed by atoms with Crippen LogP contribution in [0.5, 0.6) is 0 Å². The summed E-state index contributed by atoms with van der Waals surface area (Å²) in [7, 11) is -3.27. The molecule has 136 valence electrons. The summed E-state index contributed by atoms with van der Waals surface area (Å²) >= 11 is 0. The molecule has 4 nitrogen and oxygen atoms in total. The molecule has 2 unspecified atom stereocenters. The second-order valence-corrected chi connectivity index (χ2v) is 8.19. The number of halogens is 2. The molecule has 0 aromatic heterocycles. The molecule has 0 aliphatic carbocycles. The Kier molecular flexibility index (Phi) is 7.30. The Morgan fingerprint density at radius 1 is 0.815 bits per heavy atom. The van der Waals surface area contributed by atoms with Gasteiger partial charge in [0.25, 0.3) is 0 Å². The SMILES string of the molecule is N#Cc1ccc(/C=C/S(=O)CS(=O)/C=C/c2ccc(C#N)cc2F)c(F)c1. The summed E-state index contributed by atoms with van der Waals surface area (Å²) in [6.45, 7) is 0. The summed E-state index contributed by atoms with van der Waals surface area (Å²) < 4.78 is 51.3. The van der Waals surface area contributed by atoms with Crippen LogP contribution in [0.25, 0.3) is 12.2 Å². The van der Waals surface area contributed by atoms with Crippen LogP contribution in [-0.4, -0.2) is 13.5 Å². The molecule has 0 radical (unpaired) electrons. The van der Waals surface area contributed by atoms with E-state index in [0.29, 0.717) is 0 Å². The summed E-state index contributed by atoms with van der Waals surface area (Å²) in [5.41, 5.74) is 0.658. The third kappa shape index (κ3) is 6.07. The first-order chi connectivity index (χ1) is 12.9. The van der Waals surface area contributed by atoms with Crippen LogP contribution in [0.3, 0.4) is 0 Å². The summed E-state index contributed by atoms with van der Waals surface area (Å²) in [5, 5.41) is 19.6. The van der Waals surface area contributed by atoms with E-state index in [4.69, 9.17) is 10.5 Å². The standard InChI is InChI=1S/C19H12F2N2O2S2/c20-18-9-14(11-22)1-3-16(18)5-7-26(24)13-27(25)8-6-17-4-2-15(12-23)10-19(17)21/h1-10H,13H2/b7-5+,8-6+. The number of hydrogen-bond donors (Lipinski definition) is 0. The molecule has 0 heterocycles. The Morgan fingerprint density at radius 2 is 1.22 bits per heavy atom. The van der Waals surface area contributed by atoms with E-state index < -0.39 is 33.2 Å². The Morgan fingerprint density at radius 3 is 1.56 bits per heavy atom. The average Bonchev–Trinajstić information content (AvgIpc) is 2.65. The molecule has 27 heavy (non-hydrogen) atoms. The van der Waals surface area contributed by atoms with Crippen molar-refractivity contribution < 1.29 is 17.2 Å². The number of hydrogen-bond acceptors (Lipinski definition) is 4. The van der Waals surface area contributed by atoms with Crippen LogP contribution in [0, 0.1) is 34.3 Å². The fourth-order valence-electron chi connectivity index (χ4n) is 1.96. The van der Waals surface area contributed by atoms with Crippen molar-refractivity contribution in [3.05, 3.63) is 81.1 Å². The van der Waals surface area contributed by atoms with Crippen LogP contribution in [-0.2, 0) is 21.6 Å². The average molecular weight is 402 g/mol. The van der Waals surface area contributed by atoms with Crippen LogP contribution < -0.4 is 0 Å². The molecule has 2 aromatic rings. The van der Waals surface area contributed by atoms with Gasteiger partial charge in [-0.2, -0.15) is 10.5 Å². The number of nitriles is 2. The van der Waals surface area contributed by atoms with Gasteiger partial charge >= 0.3 is 0 Å². The predicted molar refractivity (Wildman–Crippen MR) is 101 cm³/mol. The third-order valence-electron chi connectivity index (χ3n) is 3.29. The van der Waals surface area contributed by atoms with Crippen molar-refractivity contribution in [2.75, 3.05) is 5.08 Å². The van der Waals surface area contributed by atoms with Crippen molar-refractivity contribution in [3.63, 3.8) is 0 Å². The molecular formula is C19H12F2N2O2S2. The van der Waals surface area contributed by atoms with Gasteiger partial charge in [-0.1, -0.05) is 12.1 Å². The van der Waals surface area contributed by atoms with E-state index in [1.165, 1.54) is 47.2 Å². The lowest BCUT2D eigenvalue weighted by atomic mass is 10.1. The number of benzene rings is 2. The molecule has 0 saturated carbocycles. The van der Waals surface area contributed by atoms with Crippen molar-refractivity contribution in [1.82, 2.24) is 0 Å². The van der Waals surface area contributed by atoms with Gasteiger partial charge in [-0.15, -0.1) is 0 Å². The highest BCUT2D eigenvalue weighted by atomic mass is 32.2. The maximum absolute atomic E-state index is 13.7. The molecule has 8 heteroatoms. The molecule has 0 bridgehead atoms. The zero-order valence-electron chi connectivity index (χ0n) is 13.8. The summed E-state index contributed by atoms with van der Waals surface area (Å²) in [6.07, 6.45) is 2.57. The predicted octanol–water partition coefficient (Wildman–Crippen LogP) is 3.80. The lowest BCUT2D eigenvalue weighted by Crippen LogP contribution is -1.99. The van der Waals surface area contributed by atoms with Crippen LogP contribution in [0.2, 0.25) is 0 Å². The van der Waals surface area contributed by atoms with Crippen LogP contribution >= 0.6 is 0 Å². The highest BCUT2D eigenvalue weighted by Gasteiger charge is 2.05. The number of nitrogens with zero attached hydrogens (tertiary/aromatic N) is 2. The molecular weight excluding hydrogens is 390 g/mol. The van der Waals surface area contributed by atoms with E-state index in [1.54, 1.807) is 0 Å². The third-order valence-corrected chi connectivity index (χ3v) is 6.03. The first kappa shape index (κ1) is 20.4. The van der Waals surface area contributed by atoms with Crippen molar-refractivity contribution in [1.29, 1.82) is 10.5 Å². The minimum absolute atomic E-state index is 0.156. The van der Waals surface area contributed by atoms with E-state index in [9.17, 15) is 17.2 Å². The lowest BCUT2D eigenvalue weighted by molar-refractivity contribution is 0.624. The van der Waals surface area contributed by atoms with Crippen molar-refractivity contribution in [3.8, 4) is 12.1 Å². The second kappa shape index (κ2) is 9.67. The smallest absolute Gasteiger partial charge is 0.131 e. The van der Waals surface area contributed by atoms with Gasteiger partial charge in [-0.3, -0.25) is 8.42 Å². The maximum atomic E-state index is 13.7. The lowest BCUT2D eigenvalue weighted by Gasteiger charge is -1.98. The second-order valence-electron chi connectivity index (χ2n) is 5.18. The van der Waals surface area contributed by atoms with Crippen molar-refractivity contribution in [2.45, 2.75) is 0 Å². The van der Waals surface area contributed by atoms with Gasteiger partial charge in [0.1, 0.15) is 16.7 Å². The van der Waals surface area contributed by atoms with Gasteiger partial charge in [0.2, 0.25) is 0 Å². The highest BCUT2D eigenvalue weighted by Crippen LogP contribution is 2.13. The molecule has 2 atom stereocenters. The summed E-state index contributed by atoms with van der Waals surface area (Å²) in [6, 6.07) is 11.4. The van der Waals surface area contributed by atoms with E-state index in [2.05, 4.69) is 0 Å². The molecule has 0 fully saturated rings. The summed E-state index contributed by atoms with van der Waals surface area (Å²) in [4.78, 5) is 0. The first-order valence-electron chi connectivity index (χ1n) is 7.43. The molecule has 0 amide bonds. The van der Waals surface area contributed by atoms with Gasteiger partial charge in [-0.25, -0.2) is 8.78 Å². The zero-order valence-corrected chi connectivity index (χ0v) is 15.4. The molecule has 0 saturated heterocycles. The van der Waals surface area contributed by atoms with Crippen LogP contribution in [0.15, 0.2) is 47.2 Å². The Balaban J connectivity index is 1.98. The van der Waals surface area contributed by atoms with E-state index >= 15 is 0 Å². The van der Waals surface area contributed by atoms with Gasteiger partial charge in [0.15, 0.2) is 0 Å². The van der Waals surface area contributed by atoms with Gasteiger partial charge in [0.05, 0.1) is 44.9 Å². The maximum Gasteiger partial charge on any atom is 0.131 e. The fourth-order valence-corrected chi connectivity index (χ4v) is 4.10. The molecule has 0 spiro atoms. The Hall–Kier alpha value is -2.94. The number of rotatable bonds is 6. The topological polar surface area (TPSA) is 81.7 Å². The Labute approximate surface area is 160 Å². The minimum atomic E-state index is -1.63. The van der Waals surface area contributed by atoms with Gasteiger partial charge in [-0.05, 0) is 36.4 Å². The minimum Gasteiger partial charge on any atom is -0.254 e. The molecule has 0 N–H and O–H groups in total. The van der Waals surface area contributed by atoms with E-state index in [-0.39, 0.29) is 27.3 Å². The molecule has 0 aliphatic rings. The van der Waals surface area contributed by atoms with Crippen molar-refractivity contribution >= 4 is 33.8 Å². The van der Waals surface area contributed by atoms with Gasteiger partial charge < -0.3 is 0 Å². The Bertz CT molecular complexity index is 967. The quantitative estimate of drug-likeness (QED) is 0.736. The highest BCUT2D eigenvalue weighted by molar-refractivity contribution is 8.04. The van der Waals surface area contributed by atoms with Crippen LogP contribution in [0.1, 0.15) is 22.3 Å². The van der Waals surface area contributed by atoms with Crippen molar-refractivity contribution in [2.24, 2.45) is 0 Å². The largest absolute Gasteiger partial charge is 0.254 e. The van der Waals surface area contributed by atoms with Crippen LogP contribution in [0.4, 0.5) is 8.78 Å². The fraction of sp³-hybridized carbons (Fsp3) is 0.0526. The van der Waals surface area contributed by atoms with E-state index in [1.807, 2.05) is 12.1 Å². The summed E-state index contributed by atoms with van der Waals surface area (Å²) in [5.74, 6) is -1.25. The molecule has 2 aromatic carbocycles. The van der Waals surface area contributed by atoms with Gasteiger partial charge in [0, 0.05) is 21.9 Å². The molecule has 2 rings (SSSR count). The monoisotopic (exact) mass is 402 g/mol. The first-order valence-corrected chi connectivity index (χ1v) is 10.2. The normalized spacial score (nSPS) is 13.3. The van der Waals surface area contributed by atoms with E-state index in [0.717, 1.165) is 12.1 Å².